The number of hydrogen-bond donors (Lipinski definition) is 1. The number of hydrogen-bond acceptors (Lipinski definition) is 6. The molecule has 0 radical (unpaired) electrons. The number of aryl methyl sites for hydroxylation is 1. The normalized spacial score (nSPS) is 19.7. The van der Waals surface area contributed by atoms with Crippen molar-refractivity contribution in [2.75, 3.05) is 37.4 Å². The van der Waals surface area contributed by atoms with Gasteiger partial charge in [-0.25, -0.2) is 9.97 Å². The van der Waals surface area contributed by atoms with Crippen molar-refractivity contribution in [2.24, 2.45) is 5.92 Å². The second-order valence-corrected chi connectivity index (χ2v) is 6.54. The molecule has 0 aromatic carbocycles. The number of fused-ring (bicyclic) bond motifs is 1. The lowest BCUT2D eigenvalue weighted by Crippen LogP contribution is -2.37. The molecule has 0 bridgehead atoms. The molecule has 0 aliphatic carbocycles. The lowest BCUT2D eigenvalue weighted by Gasteiger charge is -2.34. The number of rotatable bonds is 3. The first-order valence-electron chi connectivity index (χ1n) is 6.94. The first kappa shape index (κ1) is 13.6. The van der Waals surface area contributed by atoms with Gasteiger partial charge in [-0.05, 0) is 25.7 Å². The summed E-state index contributed by atoms with van der Waals surface area (Å²) in [6.07, 6.45) is 4.14. The van der Waals surface area contributed by atoms with Crippen LogP contribution in [0.25, 0.3) is 10.3 Å². The average molecular weight is 292 g/mol. The highest BCUT2D eigenvalue weighted by atomic mass is 32.1. The quantitative estimate of drug-likeness (QED) is 0.941. The maximum absolute atomic E-state index is 6.18. The summed E-state index contributed by atoms with van der Waals surface area (Å²) < 4.78 is 5.30. The van der Waals surface area contributed by atoms with Gasteiger partial charge in [-0.1, -0.05) is 11.3 Å². The Morgan fingerprint density at radius 1 is 1.55 bits per heavy atom. The Labute approximate surface area is 122 Å². The summed E-state index contributed by atoms with van der Waals surface area (Å²) in [6, 6.07) is 0. The molecule has 0 spiro atoms. The summed E-state index contributed by atoms with van der Waals surface area (Å²) in [5, 5.41) is 1.03. The maximum Gasteiger partial charge on any atom is 0.145 e. The molecule has 1 aliphatic rings. The zero-order valence-electron chi connectivity index (χ0n) is 11.9. The number of pyridine rings is 1. The van der Waals surface area contributed by atoms with Crippen molar-refractivity contribution in [3.8, 4) is 0 Å². The molecule has 2 N–H and O–H groups in total. The predicted molar refractivity (Wildman–Crippen MR) is 83.4 cm³/mol. The molecule has 108 valence electrons. The molecule has 0 saturated carbocycles. The molecule has 1 unspecified atom stereocenters. The van der Waals surface area contributed by atoms with Gasteiger partial charge in [0.1, 0.15) is 10.3 Å². The lowest BCUT2D eigenvalue weighted by molar-refractivity contribution is 0.143. The van der Waals surface area contributed by atoms with Gasteiger partial charge in [0.15, 0.2) is 0 Å². The highest BCUT2D eigenvalue weighted by Crippen LogP contribution is 2.35. The third-order valence-electron chi connectivity index (χ3n) is 3.77. The van der Waals surface area contributed by atoms with E-state index in [-0.39, 0.29) is 0 Å². The van der Waals surface area contributed by atoms with Gasteiger partial charge in [0.2, 0.25) is 0 Å². The molecular weight excluding hydrogens is 272 g/mol. The van der Waals surface area contributed by atoms with Gasteiger partial charge in [0.05, 0.1) is 29.2 Å². The van der Waals surface area contributed by atoms with Crippen molar-refractivity contribution < 1.29 is 4.74 Å². The second kappa shape index (κ2) is 5.54. The van der Waals surface area contributed by atoms with Crippen molar-refractivity contribution in [1.82, 2.24) is 9.97 Å². The van der Waals surface area contributed by atoms with Crippen LogP contribution in [-0.2, 0) is 4.74 Å². The van der Waals surface area contributed by atoms with E-state index in [4.69, 9.17) is 10.5 Å². The van der Waals surface area contributed by atoms with Crippen LogP contribution in [0.3, 0.4) is 0 Å². The van der Waals surface area contributed by atoms with Crippen LogP contribution in [0.5, 0.6) is 0 Å². The minimum absolute atomic E-state index is 0.566. The van der Waals surface area contributed by atoms with Gasteiger partial charge >= 0.3 is 0 Å². The van der Waals surface area contributed by atoms with E-state index in [0.717, 1.165) is 46.4 Å². The minimum atomic E-state index is 0.566. The fraction of sp³-hybridized carbons (Fsp3) is 0.571. The van der Waals surface area contributed by atoms with Crippen molar-refractivity contribution in [1.29, 1.82) is 0 Å². The number of ether oxygens (including phenoxy) is 1. The summed E-state index contributed by atoms with van der Waals surface area (Å²) in [5.41, 5.74) is 8.90. The van der Waals surface area contributed by atoms with Gasteiger partial charge in [-0.15, -0.1) is 0 Å². The van der Waals surface area contributed by atoms with Gasteiger partial charge in [0, 0.05) is 20.2 Å². The molecule has 2 aromatic rings. The standard InChI is InChI=1S/C14H20N4OS/c1-9-17-12-13(11(15)6-16-14(12)20-9)18-5-3-4-10(7-18)8-19-2/h6,10H,3-5,7-8,15H2,1-2H3. The van der Waals surface area contributed by atoms with E-state index in [2.05, 4.69) is 14.9 Å². The van der Waals surface area contributed by atoms with E-state index in [1.54, 1.807) is 24.6 Å². The molecule has 20 heavy (non-hydrogen) atoms. The molecule has 1 fully saturated rings. The Morgan fingerprint density at radius 3 is 3.20 bits per heavy atom. The predicted octanol–water partition coefficient (Wildman–Crippen LogP) is 2.44. The van der Waals surface area contributed by atoms with E-state index in [1.165, 1.54) is 12.8 Å². The molecule has 3 rings (SSSR count). The fourth-order valence-electron chi connectivity index (χ4n) is 2.96. The largest absolute Gasteiger partial charge is 0.396 e. The van der Waals surface area contributed by atoms with E-state index in [1.807, 2.05) is 6.92 Å². The number of piperidine rings is 1. The average Bonchev–Trinajstić information content (AvgIpc) is 2.79. The fourth-order valence-corrected chi connectivity index (χ4v) is 3.72. The smallest absolute Gasteiger partial charge is 0.145 e. The van der Waals surface area contributed by atoms with Crippen molar-refractivity contribution >= 4 is 33.1 Å². The third-order valence-corrected chi connectivity index (χ3v) is 4.65. The first-order chi connectivity index (χ1) is 9.69. The van der Waals surface area contributed by atoms with Crippen LogP contribution in [0.2, 0.25) is 0 Å². The van der Waals surface area contributed by atoms with Crippen LogP contribution in [0, 0.1) is 12.8 Å². The Kier molecular flexibility index (Phi) is 3.76. The molecular formula is C14H20N4OS. The van der Waals surface area contributed by atoms with Crippen molar-refractivity contribution in [2.45, 2.75) is 19.8 Å². The van der Waals surface area contributed by atoms with E-state index < -0.39 is 0 Å². The Bertz CT molecular complexity index is 610. The van der Waals surface area contributed by atoms with Gasteiger partial charge in [-0.3, -0.25) is 0 Å². The first-order valence-corrected chi connectivity index (χ1v) is 7.76. The number of nitrogens with zero attached hydrogens (tertiary/aromatic N) is 3. The highest BCUT2D eigenvalue weighted by molar-refractivity contribution is 7.18. The highest BCUT2D eigenvalue weighted by Gasteiger charge is 2.24. The number of anilines is 2. The molecule has 3 heterocycles. The number of nitrogens with two attached hydrogens (primary N) is 1. The molecule has 1 aliphatic heterocycles. The summed E-state index contributed by atoms with van der Waals surface area (Å²) in [5.74, 6) is 0.566. The summed E-state index contributed by atoms with van der Waals surface area (Å²) in [6.45, 7) is 4.82. The van der Waals surface area contributed by atoms with Crippen molar-refractivity contribution in [3.05, 3.63) is 11.2 Å². The summed E-state index contributed by atoms with van der Waals surface area (Å²) in [7, 11) is 1.77. The van der Waals surface area contributed by atoms with Gasteiger partial charge in [0.25, 0.3) is 0 Å². The zero-order chi connectivity index (χ0) is 14.1. The van der Waals surface area contributed by atoms with Crippen LogP contribution in [0.1, 0.15) is 17.8 Å². The van der Waals surface area contributed by atoms with Crippen LogP contribution in [0.15, 0.2) is 6.20 Å². The Hall–Kier alpha value is -1.40. The number of methoxy groups -OCH3 is 1. The summed E-state index contributed by atoms with van der Waals surface area (Å²) >= 11 is 1.62. The maximum atomic E-state index is 6.18. The molecule has 1 atom stereocenters. The van der Waals surface area contributed by atoms with E-state index in [0.29, 0.717) is 5.92 Å². The summed E-state index contributed by atoms with van der Waals surface area (Å²) in [4.78, 5) is 12.3. The lowest BCUT2D eigenvalue weighted by atomic mass is 9.98. The Balaban J connectivity index is 1.98. The minimum Gasteiger partial charge on any atom is -0.396 e. The Morgan fingerprint density at radius 2 is 2.40 bits per heavy atom. The zero-order valence-corrected chi connectivity index (χ0v) is 12.7. The monoisotopic (exact) mass is 292 g/mol. The topological polar surface area (TPSA) is 64.3 Å². The molecule has 0 amide bonds. The number of thiazole rings is 1. The number of nitrogen functional groups attached to an aromatic ring is 1. The van der Waals surface area contributed by atoms with Gasteiger partial charge in [-0.2, -0.15) is 0 Å². The van der Waals surface area contributed by atoms with Crippen LogP contribution >= 0.6 is 11.3 Å². The molecule has 5 nitrogen and oxygen atoms in total. The third kappa shape index (κ3) is 2.45. The van der Waals surface area contributed by atoms with Crippen LogP contribution in [0.4, 0.5) is 11.4 Å². The molecule has 6 heteroatoms. The van der Waals surface area contributed by atoms with Crippen molar-refractivity contribution in [3.63, 3.8) is 0 Å². The van der Waals surface area contributed by atoms with Crippen LogP contribution < -0.4 is 10.6 Å². The van der Waals surface area contributed by atoms with E-state index in [9.17, 15) is 0 Å². The van der Waals surface area contributed by atoms with E-state index >= 15 is 0 Å². The molecule has 1 saturated heterocycles. The van der Waals surface area contributed by atoms with Crippen LogP contribution in [-0.4, -0.2) is 36.8 Å². The second-order valence-electron chi connectivity index (χ2n) is 5.36. The molecule has 2 aromatic heterocycles. The SMILES string of the molecule is COCC1CCCN(c2c(N)cnc3sc(C)nc23)C1. The van der Waals surface area contributed by atoms with Gasteiger partial charge < -0.3 is 15.4 Å². The number of aromatic nitrogens is 2.